The molecule has 0 aromatic heterocycles. The maximum Gasteiger partial charge on any atom is 0.246 e. The van der Waals surface area contributed by atoms with E-state index < -0.39 is 0 Å². The minimum atomic E-state index is -0.0532. The van der Waals surface area contributed by atoms with E-state index in [2.05, 4.69) is 10.6 Å². The van der Waals surface area contributed by atoms with Crippen molar-refractivity contribution in [3.63, 3.8) is 0 Å². The lowest BCUT2D eigenvalue weighted by Crippen LogP contribution is -2.31. The molecule has 1 amide bonds. The van der Waals surface area contributed by atoms with Crippen molar-refractivity contribution in [2.45, 2.75) is 25.3 Å². The molecule has 94 valence electrons. The zero-order chi connectivity index (χ0) is 11.6. The summed E-state index contributed by atoms with van der Waals surface area (Å²) in [5.74, 6) is -0.0532. The molecule has 1 rings (SSSR count). The highest BCUT2D eigenvalue weighted by atomic mass is 16.5. The molecule has 5 nitrogen and oxygen atoms in total. The van der Waals surface area contributed by atoms with Crippen LogP contribution in [0.15, 0.2) is 0 Å². The van der Waals surface area contributed by atoms with Gasteiger partial charge >= 0.3 is 0 Å². The van der Waals surface area contributed by atoms with E-state index in [0.29, 0.717) is 19.8 Å². The van der Waals surface area contributed by atoms with Gasteiger partial charge in [0, 0.05) is 19.7 Å². The Labute approximate surface area is 96.9 Å². The molecule has 0 unspecified atom stereocenters. The number of carbonyl (C=O) groups is 1. The third kappa shape index (κ3) is 7.62. The van der Waals surface area contributed by atoms with Crippen molar-refractivity contribution in [3.05, 3.63) is 0 Å². The minimum Gasteiger partial charge on any atom is -0.382 e. The van der Waals surface area contributed by atoms with Crippen LogP contribution < -0.4 is 10.6 Å². The van der Waals surface area contributed by atoms with Gasteiger partial charge in [0.05, 0.1) is 13.2 Å². The fourth-order valence-corrected chi connectivity index (χ4v) is 1.27. The van der Waals surface area contributed by atoms with Crippen LogP contribution in [0.5, 0.6) is 0 Å². The summed E-state index contributed by atoms with van der Waals surface area (Å²) >= 11 is 0. The average Bonchev–Trinajstić information content (AvgIpc) is 3.08. The monoisotopic (exact) mass is 230 g/mol. The van der Waals surface area contributed by atoms with Crippen LogP contribution in [0.3, 0.4) is 0 Å². The quantitative estimate of drug-likeness (QED) is 0.515. The zero-order valence-electron chi connectivity index (χ0n) is 9.96. The van der Waals surface area contributed by atoms with Crippen LogP contribution >= 0.6 is 0 Å². The fraction of sp³-hybridized carbons (Fsp3) is 0.909. The molecule has 0 aliphatic heterocycles. The molecule has 0 saturated heterocycles. The van der Waals surface area contributed by atoms with E-state index in [1.807, 2.05) is 0 Å². The lowest BCUT2D eigenvalue weighted by Gasteiger charge is -2.06. The number of nitrogens with one attached hydrogen (secondary N) is 2. The molecular weight excluding hydrogens is 208 g/mol. The molecule has 1 aliphatic rings. The Morgan fingerprint density at radius 1 is 1.31 bits per heavy atom. The Hall–Kier alpha value is -0.650. The molecule has 0 bridgehead atoms. The molecule has 0 radical (unpaired) electrons. The summed E-state index contributed by atoms with van der Waals surface area (Å²) in [6.45, 7) is 2.81. The normalized spacial score (nSPS) is 15.1. The first-order chi connectivity index (χ1) is 7.83. The SMILES string of the molecule is COCCOCC(=O)NCCCNC1CC1. The van der Waals surface area contributed by atoms with E-state index in [-0.39, 0.29) is 12.5 Å². The maximum atomic E-state index is 11.2. The molecule has 16 heavy (non-hydrogen) atoms. The van der Waals surface area contributed by atoms with Crippen LogP contribution in [0.4, 0.5) is 0 Å². The predicted molar refractivity (Wildman–Crippen MR) is 61.3 cm³/mol. The molecule has 0 atom stereocenters. The second kappa shape index (κ2) is 8.50. The lowest BCUT2D eigenvalue weighted by atomic mass is 10.4. The van der Waals surface area contributed by atoms with Crippen molar-refractivity contribution in [2.75, 3.05) is 40.0 Å². The van der Waals surface area contributed by atoms with Gasteiger partial charge < -0.3 is 20.1 Å². The number of methoxy groups -OCH3 is 1. The Morgan fingerprint density at radius 2 is 2.12 bits per heavy atom. The molecule has 0 heterocycles. The van der Waals surface area contributed by atoms with Crippen LogP contribution in [0, 0.1) is 0 Å². The van der Waals surface area contributed by atoms with Crippen LogP contribution in [0.2, 0.25) is 0 Å². The molecule has 1 fully saturated rings. The minimum absolute atomic E-state index is 0.0532. The molecule has 0 aromatic rings. The first kappa shape index (κ1) is 13.4. The van der Waals surface area contributed by atoms with Crippen molar-refractivity contribution in [1.82, 2.24) is 10.6 Å². The van der Waals surface area contributed by atoms with E-state index in [1.165, 1.54) is 12.8 Å². The molecule has 5 heteroatoms. The van der Waals surface area contributed by atoms with E-state index in [0.717, 1.165) is 19.0 Å². The molecule has 2 N–H and O–H groups in total. The Balaban J connectivity index is 1.77. The number of ether oxygens (including phenoxy) is 2. The Bertz CT molecular complexity index is 196. The van der Waals surface area contributed by atoms with Crippen molar-refractivity contribution >= 4 is 5.91 Å². The maximum absolute atomic E-state index is 11.2. The third-order valence-electron chi connectivity index (χ3n) is 2.35. The van der Waals surface area contributed by atoms with Gasteiger partial charge in [-0.2, -0.15) is 0 Å². The molecular formula is C11H22N2O3. The fourth-order valence-electron chi connectivity index (χ4n) is 1.27. The number of rotatable bonds is 10. The molecule has 0 spiro atoms. The summed E-state index contributed by atoms with van der Waals surface area (Å²) in [5.41, 5.74) is 0. The smallest absolute Gasteiger partial charge is 0.246 e. The summed E-state index contributed by atoms with van der Waals surface area (Å²) in [7, 11) is 1.61. The number of hydrogen-bond acceptors (Lipinski definition) is 4. The van der Waals surface area contributed by atoms with Gasteiger partial charge in [-0.1, -0.05) is 0 Å². The first-order valence-corrected chi connectivity index (χ1v) is 5.89. The highest BCUT2D eigenvalue weighted by molar-refractivity contribution is 5.77. The van der Waals surface area contributed by atoms with Gasteiger partial charge in [0.1, 0.15) is 6.61 Å². The van der Waals surface area contributed by atoms with E-state index in [9.17, 15) is 4.79 Å². The topological polar surface area (TPSA) is 59.6 Å². The van der Waals surface area contributed by atoms with Gasteiger partial charge in [-0.15, -0.1) is 0 Å². The summed E-state index contributed by atoms with van der Waals surface area (Å²) in [6.07, 6.45) is 3.58. The number of carbonyl (C=O) groups excluding carboxylic acids is 1. The van der Waals surface area contributed by atoms with E-state index >= 15 is 0 Å². The first-order valence-electron chi connectivity index (χ1n) is 5.89. The Kier molecular flexibility index (Phi) is 7.12. The van der Waals surface area contributed by atoms with Gasteiger partial charge in [-0.05, 0) is 25.8 Å². The van der Waals surface area contributed by atoms with Gasteiger partial charge in [0.25, 0.3) is 0 Å². The van der Waals surface area contributed by atoms with Gasteiger partial charge in [0.15, 0.2) is 0 Å². The second-order valence-corrected chi connectivity index (χ2v) is 3.98. The van der Waals surface area contributed by atoms with Crippen LogP contribution in [0.1, 0.15) is 19.3 Å². The zero-order valence-corrected chi connectivity index (χ0v) is 9.96. The van der Waals surface area contributed by atoms with E-state index in [1.54, 1.807) is 7.11 Å². The van der Waals surface area contributed by atoms with Gasteiger partial charge in [-0.3, -0.25) is 4.79 Å². The number of amides is 1. The largest absolute Gasteiger partial charge is 0.382 e. The van der Waals surface area contributed by atoms with Crippen LogP contribution in [0.25, 0.3) is 0 Å². The molecule has 1 aliphatic carbocycles. The molecule has 0 aromatic carbocycles. The summed E-state index contributed by atoms with van der Waals surface area (Å²) in [4.78, 5) is 11.2. The van der Waals surface area contributed by atoms with Crippen molar-refractivity contribution in [2.24, 2.45) is 0 Å². The number of hydrogen-bond donors (Lipinski definition) is 2. The summed E-state index contributed by atoms with van der Waals surface area (Å²) in [5, 5.41) is 6.20. The average molecular weight is 230 g/mol. The van der Waals surface area contributed by atoms with Gasteiger partial charge in [0.2, 0.25) is 5.91 Å². The van der Waals surface area contributed by atoms with Gasteiger partial charge in [-0.25, -0.2) is 0 Å². The highest BCUT2D eigenvalue weighted by Crippen LogP contribution is 2.18. The van der Waals surface area contributed by atoms with Crippen molar-refractivity contribution in [3.8, 4) is 0 Å². The second-order valence-electron chi connectivity index (χ2n) is 3.98. The third-order valence-corrected chi connectivity index (χ3v) is 2.35. The predicted octanol–water partition coefficient (Wildman–Crippen LogP) is -0.0923. The highest BCUT2D eigenvalue weighted by Gasteiger charge is 2.19. The van der Waals surface area contributed by atoms with Crippen LogP contribution in [-0.4, -0.2) is 52.0 Å². The van der Waals surface area contributed by atoms with Crippen molar-refractivity contribution in [1.29, 1.82) is 0 Å². The van der Waals surface area contributed by atoms with E-state index in [4.69, 9.17) is 9.47 Å². The standard InChI is InChI=1S/C11H22N2O3/c1-15-7-8-16-9-11(14)13-6-2-5-12-10-3-4-10/h10,12H,2-9H2,1H3,(H,13,14). The van der Waals surface area contributed by atoms with Crippen LogP contribution in [-0.2, 0) is 14.3 Å². The molecule has 1 saturated carbocycles. The Morgan fingerprint density at radius 3 is 2.81 bits per heavy atom. The van der Waals surface area contributed by atoms with Crippen molar-refractivity contribution < 1.29 is 14.3 Å². The summed E-state index contributed by atoms with van der Waals surface area (Å²) < 4.78 is 9.89. The summed E-state index contributed by atoms with van der Waals surface area (Å²) in [6, 6.07) is 0.744. The lowest BCUT2D eigenvalue weighted by molar-refractivity contribution is -0.126.